The highest BCUT2D eigenvalue weighted by Gasteiger charge is 2.23. The molecule has 1 aliphatic rings. The number of hydrogen-bond donors (Lipinski definition) is 0. The topological polar surface area (TPSA) is 71.3 Å². The monoisotopic (exact) mass is 327 g/mol. The molecule has 24 heavy (non-hydrogen) atoms. The van der Waals surface area contributed by atoms with Crippen LogP contribution in [0.3, 0.4) is 0 Å². The van der Waals surface area contributed by atoms with Gasteiger partial charge < -0.3 is 14.4 Å². The Hall–Kier alpha value is -2.70. The maximum absolute atomic E-state index is 12.6. The fraction of sp³-hybridized carbons (Fsp3) is 0.412. The van der Waals surface area contributed by atoms with E-state index in [9.17, 15) is 9.59 Å². The number of carbonyl (C=O) groups excluding carboxylic acids is 1. The first-order valence-corrected chi connectivity index (χ1v) is 7.97. The lowest BCUT2D eigenvalue weighted by molar-refractivity contribution is 0.0745. The summed E-state index contributed by atoms with van der Waals surface area (Å²) >= 11 is 0. The molecule has 0 spiro atoms. The number of amides is 1. The number of anilines is 1. The summed E-state index contributed by atoms with van der Waals surface area (Å²) < 4.78 is 1.43. The molecular formula is C17H21N5O2. The second kappa shape index (κ2) is 6.43. The van der Waals surface area contributed by atoms with Crippen molar-refractivity contribution in [1.29, 1.82) is 0 Å². The molecule has 7 nitrogen and oxygen atoms in total. The number of pyridine rings is 1. The van der Waals surface area contributed by atoms with Crippen molar-refractivity contribution in [2.24, 2.45) is 7.05 Å². The smallest absolute Gasteiger partial charge is 0.255 e. The molecule has 2 aromatic heterocycles. The molecule has 0 aliphatic carbocycles. The Morgan fingerprint density at radius 1 is 1.08 bits per heavy atom. The van der Waals surface area contributed by atoms with Crippen molar-refractivity contribution >= 4 is 11.7 Å². The first kappa shape index (κ1) is 16.2. The van der Waals surface area contributed by atoms with Crippen molar-refractivity contribution in [1.82, 2.24) is 19.4 Å². The zero-order valence-electron chi connectivity index (χ0n) is 14.2. The van der Waals surface area contributed by atoms with E-state index in [1.54, 1.807) is 19.3 Å². The van der Waals surface area contributed by atoms with Crippen molar-refractivity contribution in [3.8, 4) is 0 Å². The third-order valence-electron chi connectivity index (χ3n) is 4.18. The van der Waals surface area contributed by atoms with Gasteiger partial charge in [0.05, 0.1) is 5.56 Å². The van der Waals surface area contributed by atoms with Crippen LogP contribution in [0.2, 0.25) is 0 Å². The number of aryl methyl sites for hydroxylation is 3. The van der Waals surface area contributed by atoms with E-state index in [0.717, 1.165) is 30.4 Å². The van der Waals surface area contributed by atoms with Gasteiger partial charge in [-0.3, -0.25) is 9.59 Å². The van der Waals surface area contributed by atoms with Gasteiger partial charge in [-0.1, -0.05) is 0 Å². The van der Waals surface area contributed by atoms with Crippen LogP contribution >= 0.6 is 0 Å². The largest absolute Gasteiger partial charge is 0.353 e. The fourth-order valence-corrected chi connectivity index (χ4v) is 2.90. The van der Waals surface area contributed by atoms with Gasteiger partial charge in [-0.2, -0.15) is 0 Å². The maximum Gasteiger partial charge on any atom is 0.255 e. The average molecular weight is 327 g/mol. The molecule has 0 aromatic carbocycles. The molecule has 1 fully saturated rings. The molecule has 3 rings (SSSR count). The van der Waals surface area contributed by atoms with Crippen LogP contribution in [0.5, 0.6) is 0 Å². The Labute approximate surface area is 140 Å². The molecule has 7 heteroatoms. The third kappa shape index (κ3) is 3.29. The van der Waals surface area contributed by atoms with E-state index in [2.05, 4.69) is 14.9 Å². The highest BCUT2D eigenvalue weighted by molar-refractivity contribution is 5.94. The summed E-state index contributed by atoms with van der Waals surface area (Å²) in [5.41, 5.74) is 1.37. The summed E-state index contributed by atoms with van der Waals surface area (Å²) in [5, 5.41) is 0. The maximum atomic E-state index is 12.6. The Bertz CT molecular complexity index is 802. The van der Waals surface area contributed by atoms with Crippen LogP contribution in [0.1, 0.15) is 21.9 Å². The van der Waals surface area contributed by atoms with Gasteiger partial charge in [0.25, 0.3) is 5.91 Å². The lowest BCUT2D eigenvalue weighted by Crippen LogP contribution is -2.49. The predicted molar refractivity (Wildman–Crippen MR) is 91.3 cm³/mol. The minimum Gasteiger partial charge on any atom is -0.353 e. The summed E-state index contributed by atoms with van der Waals surface area (Å²) in [6.45, 7) is 6.56. The predicted octanol–water partition coefficient (Wildman–Crippen LogP) is 0.755. The van der Waals surface area contributed by atoms with E-state index in [0.29, 0.717) is 18.7 Å². The highest BCUT2D eigenvalue weighted by Crippen LogP contribution is 2.16. The Balaban J connectivity index is 1.69. The molecule has 0 saturated carbocycles. The second-order valence-corrected chi connectivity index (χ2v) is 6.06. The zero-order chi connectivity index (χ0) is 17.3. The molecule has 0 N–H and O–H groups in total. The zero-order valence-corrected chi connectivity index (χ0v) is 14.2. The standard InChI is InChI=1S/C17H21N5O2/c1-12-10-15(19-13(2)18-12)21-6-8-22(9-7-21)17(24)14-4-5-16(23)20(3)11-14/h4-5,10-11H,6-9H2,1-3H3. The lowest BCUT2D eigenvalue weighted by atomic mass is 10.2. The first-order chi connectivity index (χ1) is 11.4. The van der Waals surface area contributed by atoms with Crippen LogP contribution in [0.15, 0.2) is 29.2 Å². The first-order valence-electron chi connectivity index (χ1n) is 7.97. The molecule has 0 unspecified atom stereocenters. The van der Waals surface area contributed by atoms with Crippen LogP contribution in [0, 0.1) is 13.8 Å². The van der Waals surface area contributed by atoms with Gasteiger partial charge in [0.1, 0.15) is 11.6 Å². The number of rotatable bonds is 2. The molecule has 3 heterocycles. The molecule has 0 radical (unpaired) electrons. The average Bonchev–Trinajstić information content (AvgIpc) is 2.56. The minimum atomic E-state index is -0.120. The Kier molecular flexibility index (Phi) is 4.33. The quantitative estimate of drug-likeness (QED) is 0.814. The summed E-state index contributed by atoms with van der Waals surface area (Å²) in [5.74, 6) is 1.63. The molecule has 1 saturated heterocycles. The van der Waals surface area contributed by atoms with Crippen LogP contribution in [-0.2, 0) is 7.05 Å². The molecule has 1 aliphatic heterocycles. The van der Waals surface area contributed by atoms with Gasteiger partial charge in [0.2, 0.25) is 5.56 Å². The summed E-state index contributed by atoms with van der Waals surface area (Å²) in [6, 6.07) is 4.99. The van der Waals surface area contributed by atoms with Gasteiger partial charge in [-0.25, -0.2) is 9.97 Å². The van der Waals surface area contributed by atoms with E-state index in [-0.39, 0.29) is 11.5 Å². The number of nitrogens with zero attached hydrogens (tertiary/aromatic N) is 5. The summed E-state index contributed by atoms with van der Waals surface area (Å²) in [7, 11) is 1.65. The van der Waals surface area contributed by atoms with Crippen molar-refractivity contribution in [2.75, 3.05) is 31.1 Å². The van der Waals surface area contributed by atoms with E-state index < -0.39 is 0 Å². The molecule has 0 bridgehead atoms. The lowest BCUT2D eigenvalue weighted by Gasteiger charge is -2.35. The van der Waals surface area contributed by atoms with Crippen LogP contribution in [-0.4, -0.2) is 51.5 Å². The van der Waals surface area contributed by atoms with Crippen molar-refractivity contribution < 1.29 is 4.79 Å². The minimum absolute atomic E-state index is 0.0414. The molecule has 126 valence electrons. The van der Waals surface area contributed by atoms with Crippen molar-refractivity contribution in [2.45, 2.75) is 13.8 Å². The fourth-order valence-electron chi connectivity index (χ4n) is 2.90. The third-order valence-corrected chi connectivity index (χ3v) is 4.18. The van der Waals surface area contributed by atoms with E-state index in [1.807, 2.05) is 24.8 Å². The molecular weight excluding hydrogens is 306 g/mol. The van der Waals surface area contributed by atoms with Crippen LogP contribution < -0.4 is 10.5 Å². The van der Waals surface area contributed by atoms with Crippen LogP contribution in [0.4, 0.5) is 5.82 Å². The van der Waals surface area contributed by atoms with E-state index in [4.69, 9.17) is 0 Å². The van der Waals surface area contributed by atoms with E-state index in [1.165, 1.54) is 10.6 Å². The van der Waals surface area contributed by atoms with Gasteiger partial charge in [-0.15, -0.1) is 0 Å². The van der Waals surface area contributed by atoms with Gasteiger partial charge in [-0.05, 0) is 19.9 Å². The number of hydrogen-bond acceptors (Lipinski definition) is 5. The highest BCUT2D eigenvalue weighted by atomic mass is 16.2. The molecule has 2 aromatic rings. The summed E-state index contributed by atoms with van der Waals surface area (Å²) in [4.78, 5) is 36.8. The van der Waals surface area contributed by atoms with Crippen molar-refractivity contribution in [3.63, 3.8) is 0 Å². The molecule has 1 amide bonds. The van der Waals surface area contributed by atoms with Gasteiger partial charge in [0.15, 0.2) is 0 Å². The normalized spacial score (nSPS) is 14.8. The van der Waals surface area contributed by atoms with Gasteiger partial charge >= 0.3 is 0 Å². The second-order valence-electron chi connectivity index (χ2n) is 6.06. The van der Waals surface area contributed by atoms with Crippen LogP contribution in [0.25, 0.3) is 0 Å². The Morgan fingerprint density at radius 3 is 2.42 bits per heavy atom. The van der Waals surface area contributed by atoms with Gasteiger partial charge in [0, 0.05) is 57.3 Å². The number of piperazine rings is 1. The summed E-state index contributed by atoms with van der Waals surface area (Å²) in [6.07, 6.45) is 1.59. The SMILES string of the molecule is Cc1cc(N2CCN(C(=O)c3ccc(=O)n(C)c3)CC2)nc(C)n1. The van der Waals surface area contributed by atoms with Crippen molar-refractivity contribution in [3.05, 3.63) is 51.8 Å². The van der Waals surface area contributed by atoms with E-state index >= 15 is 0 Å². The number of carbonyl (C=O) groups is 1. The molecule has 0 atom stereocenters. The number of aromatic nitrogens is 3. The Morgan fingerprint density at radius 2 is 1.79 bits per heavy atom.